The molecule has 0 aliphatic carbocycles. The van der Waals surface area contributed by atoms with Crippen LogP contribution in [0.5, 0.6) is 0 Å². The summed E-state index contributed by atoms with van der Waals surface area (Å²) in [5.41, 5.74) is 5.61. The SMILES string of the molecule is CC(CN)CCc1nc(C2CSC(C)C(C)S2)no1. The fraction of sp³-hybridized carbons (Fsp3) is 0.846. The molecule has 2 N–H and O–H groups in total. The second-order valence-corrected chi connectivity index (χ2v) is 8.29. The maximum atomic E-state index is 5.61. The summed E-state index contributed by atoms with van der Waals surface area (Å²) >= 11 is 3.97. The van der Waals surface area contributed by atoms with Crippen molar-refractivity contribution in [3.8, 4) is 0 Å². The van der Waals surface area contributed by atoms with E-state index >= 15 is 0 Å². The minimum absolute atomic E-state index is 0.376. The average Bonchev–Trinajstić information content (AvgIpc) is 2.88. The number of aryl methyl sites for hydroxylation is 1. The first-order valence-corrected chi connectivity index (χ1v) is 8.89. The molecule has 1 aliphatic heterocycles. The van der Waals surface area contributed by atoms with E-state index in [1.165, 1.54) is 0 Å². The molecule has 108 valence electrons. The Morgan fingerprint density at radius 1 is 1.42 bits per heavy atom. The first kappa shape index (κ1) is 15.2. The van der Waals surface area contributed by atoms with E-state index in [2.05, 4.69) is 30.9 Å². The fourth-order valence-electron chi connectivity index (χ4n) is 1.91. The van der Waals surface area contributed by atoms with Gasteiger partial charge in [0.15, 0.2) is 5.82 Å². The van der Waals surface area contributed by atoms with Crippen molar-refractivity contribution < 1.29 is 4.52 Å². The van der Waals surface area contributed by atoms with Gasteiger partial charge in [0.05, 0.1) is 5.25 Å². The number of rotatable bonds is 5. The normalized spacial score (nSPS) is 29.4. The summed E-state index contributed by atoms with van der Waals surface area (Å²) in [6, 6.07) is 0. The van der Waals surface area contributed by atoms with E-state index in [1.54, 1.807) is 0 Å². The number of nitrogens with two attached hydrogens (primary N) is 1. The Morgan fingerprint density at radius 2 is 2.21 bits per heavy atom. The van der Waals surface area contributed by atoms with E-state index in [9.17, 15) is 0 Å². The van der Waals surface area contributed by atoms with Gasteiger partial charge in [-0.3, -0.25) is 0 Å². The second kappa shape index (κ2) is 6.99. The van der Waals surface area contributed by atoms with Crippen LogP contribution in [0.1, 0.15) is 44.2 Å². The summed E-state index contributed by atoms with van der Waals surface area (Å²) in [5, 5.41) is 5.88. The van der Waals surface area contributed by atoms with Crippen molar-refractivity contribution in [3.63, 3.8) is 0 Å². The highest BCUT2D eigenvalue weighted by Gasteiger charge is 2.29. The van der Waals surface area contributed by atoms with Gasteiger partial charge in [0, 0.05) is 22.7 Å². The third kappa shape index (κ3) is 4.13. The third-order valence-corrected chi connectivity index (χ3v) is 6.96. The van der Waals surface area contributed by atoms with Crippen molar-refractivity contribution in [2.45, 2.75) is 49.4 Å². The monoisotopic (exact) mass is 301 g/mol. The van der Waals surface area contributed by atoms with Crippen LogP contribution in [0.15, 0.2) is 4.52 Å². The van der Waals surface area contributed by atoms with Crippen molar-refractivity contribution in [2.24, 2.45) is 11.7 Å². The number of aromatic nitrogens is 2. The summed E-state index contributed by atoms with van der Waals surface area (Å²) in [5.74, 6) is 3.21. The largest absolute Gasteiger partial charge is 0.339 e. The summed E-state index contributed by atoms with van der Waals surface area (Å²) in [6.07, 6.45) is 1.85. The summed E-state index contributed by atoms with van der Waals surface area (Å²) in [7, 11) is 0. The minimum atomic E-state index is 0.376. The lowest BCUT2D eigenvalue weighted by Crippen LogP contribution is -2.22. The van der Waals surface area contributed by atoms with Crippen LogP contribution in [0.2, 0.25) is 0 Å². The van der Waals surface area contributed by atoms with Gasteiger partial charge in [-0.25, -0.2) is 0 Å². The first-order valence-electron chi connectivity index (χ1n) is 6.89. The van der Waals surface area contributed by atoms with Gasteiger partial charge in [0.25, 0.3) is 0 Å². The zero-order valence-electron chi connectivity index (χ0n) is 11.8. The molecule has 1 aromatic heterocycles. The number of hydrogen-bond acceptors (Lipinski definition) is 6. The molecule has 4 nitrogen and oxygen atoms in total. The Bertz CT molecular complexity index is 399. The van der Waals surface area contributed by atoms with E-state index in [1.807, 2.05) is 23.5 Å². The number of hydrogen-bond donors (Lipinski definition) is 1. The van der Waals surface area contributed by atoms with Gasteiger partial charge in [0.1, 0.15) is 0 Å². The molecule has 1 aromatic rings. The Kier molecular flexibility index (Phi) is 5.59. The van der Waals surface area contributed by atoms with Gasteiger partial charge < -0.3 is 10.3 Å². The zero-order chi connectivity index (χ0) is 13.8. The van der Waals surface area contributed by atoms with Crippen LogP contribution in [0, 0.1) is 5.92 Å². The number of thioether (sulfide) groups is 2. The molecule has 4 unspecified atom stereocenters. The van der Waals surface area contributed by atoms with Crippen LogP contribution in [0.4, 0.5) is 0 Å². The Balaban J connectivity index is 1.90. The predicted molar refractivity (Wildman–Crippen MR) is 82.6 cm³/mol. The Labute approximate surface area is 123 Å². The third-order valence-electron chi connectivity index (χ3n) is 3.58. The maximum Gasteiger partial charge on any atom is 0.226 e. The molecule has 2 rings (SSSR count). The molecule has 0 radical (unpaired) electrons. The number of nitrogens with zero attached hydrogens (tertiary/aromatic N) is 2. The van der Waals surface area contributed by atoms with Crippen LogP contribution in [0.25, 0.3) is 0 Å². The highest BCUT2D eigenvalue weighted by Crippen LogP contribution is 2.43. The molecule has 2 heterocycles. The smallest absolute Gasteiger partial charge is 0.226 e. The molecular weight excluding hydrogens is 278 g/mol. The molecule has 0 aromatic carbocycles. The molecule has 1 aliphatic rings. The van der Waals surface area contributed by atoms with E-state index in [-0.39, 0.29) is 0 Å². The highest BCUT2D eigenvalue weighted by molar-refractivity contribution is 8.07. The van der Waals surface area contributed by atoms with Crippen LogP contribution in [-0.2, 0) is 6.42 Å². The van der Waals surface area contributed by atoms with Gasteiger partial charge in [-0.15, -0.1) is 11.8 Å². The van der Waals surface area contributed by atoms with Crippen molar-refractivity contribution in [3.05, 3.63) is 11.7 Å². The Morgan fingerprint density at radius 3 is 2.89 bits per heavy atom. The van der Waals surface area contributed by atoms with Crippen LogP contribution < -0.4 is 5.73 Å². The molecule has 4 atom stereocenters. The topological polar surface area (TPSA) is 64.9 Å². The van der Waals surface area contributed by atoms with Crippen molar-refractivity contribution >= 4 is 23.5 Å². The molecule has 1 saturated heterocycles. The lowest BCUT2D eigenvalue weighted by molar-refractivity contribution is 0.361. The van der Waals surface area contributed by atoms with E-state index < -0.39 is 0 Å². The van der Waals surface area contributed by atoms with Gasteiger partial charge >= 0.3 is 0 Å². The predicted octanol–water partition coefficient (Wildman–Crippen LogP) is 2.90. The summed E-state index contributed by atoms with van der Waals surface area (Å²) < 4.78 is 5.35. The van der Waals surface area contributed by atoms with Gasteiger partial charge in [-0.05, 0) is 18.9 Å². The Hall–Kier alpha value is -0.200. The second-order valence-electron chi connectivity index (χ2n) is 5.29. The summed E-state index contributed by atoms with van der Waals surface area (Å²) in [4.78, 5) is 4.55. The van der Waals surface area contributed by atoms with Crippen molar-refractivity contribution in [1.82, 2.24) is 10.1 Å². The lowest BCUT2D eigenvalue weighted by Gasteiger charge is -2.29. The molecule has 0 bridgehead atoms. The van der Waals surface area contributed by atoms with Gasteiger partial charge in [-0.2, -0.15) is 16.7 Å². The van der Waals surface area contributed by atoms with E-state index in [4.69, 9.17) is 10.3 Å². The molecule has 0 spiro atoms. The fourth-order valence-corrected chi connectivity index (χ4v) is 4.74. The molecular formula is C13H23N3OS2. The molecule has 1 fully saturated rings. The molecule has 19 heavy (non-hydrogen) atoms. The van der Waals surface area contributed by atoms with Gasteiger partial charge in [0.2, 0.25) is 5.89 Å². The first-order chi connectivity index (χ1) is 9.10. The minimum Gasteiger partial charge on any atom is -0.339 e. The summed E-state index contributed by atoms with van der Waals surface area (Å²) in [6.45, 7) is 7.42. The maximum absolute atomic E-state index is 5.61. The highest BCUT2D eigenvalue weighted by atomic mass is 32.2. The van der Waals surface area contributed by atoms with E-state index in [0.29, 0.717) is 28.2 Å². The van der Waals surface area contributed by atoms with Gasteiger partial charge in [-0.1, -0.05) is 25.9 Å². The average molecular weight is 301 g/mol. The molecule has 0 amide bonds. The van der Waals surface area contributed by atoms with Crippen molar-refractivity contribution in [1.29, 1.82) is 0 Å². The van der Waals surface area contributed by atoms with Crippen LogP contribution >= 0.6 is 23.5 Å². The molecule has 0 saturated carbocycles. The zero-order valence-corrected chi connectivity index (χ0v) is 13.5. The van der Waals surface area contributed by atoms with Crippen LogP contribution in [-0.4, -0.2) is 32.9 Å². The quantitative estimate of drug-likeness (QED) is 0.902. The van der Waals surface area contributed by atoms with Crippen LogP contribution in [0.3, 0.4) is 0 Å². The standard InChI is InChI=1S/C13H23N3OS2/c1-8(6-14)4-5-12-15-13(16-17-12)11-7-18-9(2)10(3)19-11/h8-11H,4-7,14H2,1-3H3. The molecule has 6 heteroatoms. The lowest BCUT2D eigenvalue weighted by atomic mass is 10.1. The van der Waals surface area contributed by atoms with Crippen molar-refractivity contribution in [2.75, 3.05) is 12.3 Å². The van der Waals surface area contributed by atoms with E-state index in [0.717, 1.165) is 30.3 Å².